The van der Waals surface area contributed by atoms with Gasteiger partial charge in [0.25, 0.3) is 0 Å². The van der Waals surface area contributed by atoms with Crippen LogP contribution in [0.15, 0.2) is 18.0 Å². The maximum Gasteiger partial charge on any atom is 0.159 e. The SMILES string of the molecule is Cn1cc(/C=C2/C[C@@]3(C)[C@@H](CC[C@@H]4[C@@H]3CC[C@]3(C)[C@H](O)CC[C@@H]43)CC2=O)cn1. The van der Waals surface area contributed by atoms with E-state index in [-0.39, 0.29) is 16.9 Å². The maximum absolute atomic E-state index is 12.9. The van der Waals surface area contributed by atoms with Gasteiger partial charge in [0.15, 0.2) is 5.78 Å². The number of carbonyl (C=O) groups is 1. The summed E-state index contributed by atoms with van der Waals surface area (Å²) in [5.41, 5.74) is 2.39. The summed E-state index contributed by atoms with van der Waals surface area (Å²) in [5, 5.41) is 14.9. The van der Waals surface area contributed by atoms with E-state index in [0.717, 1.165) is 42.7 Å². The van der Waals surface area contributed by atoms with Crippen LogP contribution in [-0.4, -0.2) is 26.8 Å². The third-order valence-corrected chi connectivity index (χ3v) is 9.44. The number of hydrogen-bond acceptors (Lipinski definition) is 3. The zero-order valence-corrected chi connectivity index (χ0v) is 17.5. The Labute approximate surface area is 168 Å². The topological polar surface area (TPSA) is 55.1 Å². The van der Waals surface area contributed by atoms with Crippen molar-refractivity contribution in [3.05, 3.63) is 23.5 Å². The Morgan fingerprint density at radius 3 is 2.68 bits per heavy atom. The van der Waals surface area contributed by atoms with Crippen LogP contribution in [0.4, 0.5) is 0 Å². The second-order valence-corrected chi connectivity index (χ2v) is 10.7. The molecule has 5 rings (SSSR count). The molecule has 0 saturated heterocycles. The first-order valence-electron chi connectivity index (χ1n) is 11.2. The smallest absolute Gasteiger partial charge is 0.159 e. The minimum atomic E-state index is -0.113. The molecular weight excluding hydrogens is 348 g/mol. The number of hydrogen-bond donors (Lipinski definition) is 1. The Morgan fingerprint density at radius 1 is 1.14 bits per heavy atom. The maximum atomic E-state index is 12.9. The molecule has 28 heavy (non-hydrogen) atoms. The molecule has 0 amide bonds. The summed E-state index contributed by atoms with van der Waals surface area (Å²) in [5.74, 6) is 2.97. The van der Waals surface area contributed by atoms with Gasteiger partial charge in [-0.2, -0.15) is 5.10 Å². The van der Waals surface area contributed by atoms with Crippen LogP contribution in [0.5, 0.6) is 0 Å². The van der Waals surface area contributed by atoms with Crippen LogP contribution < -0.4 is 0 Å². The highest BCUT2D eigenvalue weighted by molar-refractivity contribution is 6.00. The fourth-order valence-electron chi connectivity index (χ4n) is 7.83. The molecule has 4 heteroatoms. The summed E-state index contributed by atoms with van der Waals surface area (Å²) in [4.78, 5) is 12.9. The third-order valence-electron chi connectivity index (χ3n) is 9.44. The van der Waals surface area contributed by atoms with Gasteiger partial charge in [-0.3, -0.25) is 9.48 Å². The summed E-state index contributed by atoms with van der Waals surface area (Å²) >= 11 is 0. The van der Waals surface area contributed by atoms with Crippen molar-refractivity contribution in [2.75, 3.05) is 0 Å². The Hall–Kier alpha value is -1.42. The summed E-state index contributed by atoms with van der Waals surface area (Å²) < 4.78 is 1.80. The van der Waals surface area contributed by atoms with Crippen molar-refractivity contribution in [3.63, 3.8) is 0 Å². The van der Waals surface area contributed by atoms with Crippen LogP contribution in [0.1, 0.15) is 70.8 Å². The molecule has 1 aromatic rings. The number of allylic oxidation sites excluding steroid dienone is 1. The lowest BCUT2D eigenvalue weighted by atomic mass is 9.45. The van der Waals surface area contributed by atoms with Crippen molar-refractivity contribution in [3.8, 4) is 0 Å². The molecule has 4 fully saturated rings. The van der Waals surface area contributed by atoms with Gasteiger partial charge in [-0.1, -0.05) is 13.8 Å². The number of aryl methyl sites for hydroxylation is 1. The molecule has 1 aromatic heterocycles. The Bertz CT molecular complexity index is 826. The molecule has 4 saturated carbocycles. The van der Waals surface area contributed by atoms with Crippen molar-refractivity contribution >= 4 is 11.9 Å². The standard InChI is InChI=1S/C24H34N2O2/c1-23-9-8-20-18(19(23)6-7-22(23)28)5-4-17-11-21(27)16(12-24(17,20)2)10-15-13-25-26(3)14-15/h10,13-14,17-20,22,28H,4-9,11-12H2,1-3H3/b16-10-/t17-,18-,19-,20-,22+,23-,24-/m0/s1. The van der Waals surface area contributed by atoms with E-state index in [4.69, 9.17) is 0 Å². The van der Waals surface area contributed by atoms with Crippen LogP contribution in [0.25, 0.3) is 6.08 Å². The van der Waals surface area contributed by atoms with Gasteiger partial charge in [0.2, 0.25) is 0 Å². The molecule has 152 valence electrons. The van der Waals surface area contributed by atoms with E-state index < -0.39 is 0 Å². The van der Waals surface area contributed by atoms with Gasteiger partial charge in [-0.15, -0.1) is 0 Å². The number of ketones is 1. The van der Waals surface area contributed by atoms with E-state index in [1.165, 1.54) is 25.7 Å². The van der Waals surface area contributed by atoms with Crippen molar-refractivity contribution in [1.29, 1.82) is 0 Å². The quantitative estimate of drug-likeness (QED) is 0.733. The van der Waals surface area contributed by atoms with Crippen molar-refractivity contribution in [2.45, 2.75) is 71.3 Å². The van der Waals surface area contributed by atoms with Crippen LogP contribution in [-0.2, 0) is 11.8 Å². The molecule has 0 aliphatic heterocycles. The predicted octanol–water partition coefficient (Wildman–Crippen LogP) is 4.39. The van der Waals surface area contributed by atoms with E-state index in [1.807, 2.05) is 19.4 Å². The average molecular weight is 383 g/mol. The summed E-state index contributed by atoms with van der Waals surface area (Å²) in [6.45, 7) is 4.82. The zero-order valence-electron chi connectivity index (χ0n) is 17.5. The van der Waals surface area contributed by atoms with Gasteiger partial charge >= 0.3 is 0 Å². The Morgan fingerprint density at radius 2 is 1.93 bits per heavy atom. The number of aliphatic hydroxyl groups excluding tert-OH is 1. The number of aromatic nitrogens is 2. The van der Waals surface area contributed by atoms with E-state index in [9.17, 15) is 9.90 Å². The van der Waals surface area contributed by atoms with E-state index >= 15 is 0 Å². The van der Waals surface area contributed by atoms with E-state index in [0.29, 0.717) is 23.5 Å². The molecule has 0 radical (unpaired) electrons. The first-order valence-corrected chi connectivity index (χ1v) is 11.2. The van der Waals surface area contributed by atoms with Crippen molar-refractivity contribution in [2.24, 2.45) is 41.5 Å². The van der Waals surface area contributed by atoms with Gasteiger partial charge in [0, 0.05) is 25.2 Å². The second-order valence-electron chi connectivity index (χ2n) is 10.7. The van der Waals surface area contributed by atoms with Crippen molar-refractivity contribution < 1.29 is 9.90 Å². The third kappa shape index (κ3) is 2.59. The van der Waals surface area contributed by atoms with Crippen LogP contribution >= 0.6 is 0 Å². The molecule has 1 heterocycles. The molecule has 0 aromatic carbocycles. The predicted molar refractivity (Wildman–Crippen MR) is 109 cm³/mol. The van der Waals surface area contributed by atoms with E-state index in [1.54, 1.807) is 4.68 Å². The van der Waals surface area contributed by atoms with Gasteiger partial charge in [0.05, 0.1) is 12.3 Å². The van der Waals surface area contributed by atoms with Crippen LogP contribution in [0, 0.1) is 34.5 Å². The highest BCUT2D eigenvalue weighted by Gasteiger charge is 2.60. The van der Waals surface area contributed by atoms with Gasteiger partial charge in [-0.05, 0) is 91.1 Å². The van der Waals surface area contributed by atoms with Crippen LogP contribution in [0.3, 0.4) is 0 Å². The molecule has 0 unspecified atom stereocenters. The normalized spacial score (nSPS) is 46.9. The highest BCUT2D eigenvalue weighted by atomic mass is 16.3. The summed E-state index contributed by atoms with van der Waals surface area (Å²) in [6, 6.07) is 0. The lowest BCUT2D eigenvalue weighted by Crippen LogP contribution is -2.54. The largest absolute Gasteiger partial charge is 0.393 e. The Kier molecular flexibility index (Phi) is 4.18. The number of nitrogens with zero attached hydrogens (tertiary/aromatic N) is 2. The summed E-state index contributed by atoms with van der Waals surface area (Å²) in [6.07, 6.45) is 14.4. The molecular formula is C24H34N2O2. The Balaban J connectivity index is 1.46. The van der Waals surface area contributed by atoms with E-state index in [2.05, 4.69) is 25.0 Å². The lowest BCUT2D eigenvalue weighted by molar-refractivity contribution is -0.134. The average Bonchev–Trinajstić information content (AvgIpc) is 3.19. The van der Waals surface area contributed by atoms with Gasteiger partial charge < -0.3 is 5.11 Å². The van der Waals surface area contributed by atoms with Crippen molar-refractivity contribution in [1.82, 2.24) is 9.78 Å². The number of rotatable bonds is 1. The zero-order chi connectivity index (χ0) is 19.7. The molecule has 4 nitrogen and oxygen atoms in total. The summed E-state index contributed by atoms with van der Waals surface area (Å²) in [7, 11) is 1.92. The number of fused-ring (bicyclic) bond motifs is 5. The molecule has 0 spiro atoms. The number of carbonyl (C=O) groups excluding carboxylic acids is 1. The second kappa shape index (κ2) is 6.29. The molecule has 7 atom stereocenters. The molecule has 1 N–H and O–H groups in total. The number of Topliss-reactive ketones (excluding diaryl/α,β-unsaturated/α-hetero) is 1. The van der Waals surface area contributed by atoms with Gasteiger partial charge in [0.1, 0.15) is 0 Å². The van der Waals surface area contributed by atoms with Gasteiger partial charge in [-0.25, -0.2) is 0 Å². The fraction of sp³-hybridized carbons (Fsp3) is 0.750. The minimum Gasteiger partial charge on any atom is -0.393 e. The molecule has 0 bridgehead atoms. The number of aliphatic hydroxyl groups is 1. The monoisotopic (exact) mass is 382 g/mol. The first kappa shape index (κ1) is 18.6. The highest BCUT2D eigenvalue weighted by Crippen LogP contribution is 2.66. The minimum absolute atomic E-state index is 0.113. The van der Waals surface area contributed by atoms with Crippen LogP contribution in [0.2, 0.25) is 0 Å². The molecule has 4 aliphatic rings. The molecule has 4 aliphatic carbocycles. The fourth-order valence-corrected chi connectivity index (χ4v) is 7.83. The lowest BCUT2D eigenvalue weighted by Gasteiger charge is -2.60. The first-order chi connectivity index (χ1) is 13.3.